The molecule has 1 aliphatic heterocycles. The number of allylic oxidation sites excluding steroid dienone is 3. The monoisotopic (exact) mass is 223 g/mol. The highest BCUT2D eigenvalue weighted by Gasteiger charge is 2.15. The summed E-state index contributed by atoms with van der Waals surface area (Å²) in [6.45, 7) is 0. The van der Waals surface area contributed by atoms with Gasteiger partial charge in [0, 0.05) is 24.9 Å². The van der Waals surface area contributed by atoms with Gasteiger partial charge < -0.3 is 5.43 Å². The van der Waals surface area contributed by atoms with Crippen molar-refractivity contribution in [3.8, 4) is 0 Å². The molecule has 1 aliphatic carbocycles. The first-order chi connectivity index (χ1) is 7.29. The molecule has 0 atom stereocenters. The first kappa shape index (κ1) is 10.3. The number of carbonyl (C=O) groups excluding carboxylic acids is 1. The highest BCUT2D eigenvalue weighted by molar-refractivity contribution is 8.14. The molecule has 4 nitrogen and oxygen atoms in total. The number of rotatable bonds is 0. The van der Waals surface area contributed by atoms with E-state index in [-0.39, 0.29) is 5.78 Å². The van der Waals surface area contributed by atoms with Gasteiger partial charge >= 0.3 is 0 Å². The molecule has 2 N–H and O–H groups in total. The lowest BCUT2D eigenvalue weighted by atomic mass is 10.00. The van der Waals surface area contributed by atoms with Crippen molar-refractivity contribution in [3.63, 3.8) is 0 Å². The maximum atomic E-state index is 11.0. The Morgan fingerprint density at radius 1 is 1.33 bits per heavy atom. The molecular formula is C10H13N3OS. The van der Waals surface area contributed by atoms with Crippen molar-refractivity contribution in [1.82, 2.24) is 10.9 Å². The van der Waals surface area contributed by atoms with Crippen LogP contribution in [0, 0.1) is 0 Å². The van der Waals surface area contributed by atoms with Crippen LogP contribution >= 0.6 is 11.8 Å². The molecule has 0 saturated carbocycles. The van der Waals surface area contributed by atoms with Crippen molar-refractivity contribution in [2.75, 3.05) is 12.8 Å². The molecule has 0 radical (unpaired) electrons. The number of aliphatic imine (C=N–C) groups is 1. The normalized spacial score (nSPS) is 28.9. The van der Waals surface area contributed by atoms with Crippen LogP contribution in [0.15, 0.2) is 28.4 Å². The van der Waals surface area contributed by atoms with Crippen LogP contribution < -0.4 is 10.9 Å². The maximum Gasteiger partial charge on any atom is 0.175 e. The average Bonchev–Trinajstić information content (AvgIpc) is 2.30. The smallest absolute Gasteiger partial charge is 0.175 e. The zero-order valence-electron chi connectivity index (χ0n) is 8.54. The summed E-state index contributed by atoms with van der Waals surface area (Å²) in [4.78, 5) is 15.1. The van der Waals surface area contributed by atoms with Crippen molar-refractivity contribution >= 4 is 22.7 Å². The SMILES string of the molecule is CN=C1NNC(=C2C=CC(=O)CC2)CS1. The summed E-state index contributed by atoms with van der Waals surface area (Å²) in [5.74, 6) is 1.10. The molecule has 1 heterocycles. The number of ketones is 1. The third-order valence-corrected chi connectivity index (χ3v) is 3.37. The van der Waals surface area contributed by atoms with Gasteiger partial charge in [-0.2, -0.15) is 0 Å². The Morgan fingerprint density at radius 3 is 2.73 bits per heavy atom. The van der Waals surface area contributed by atoms with E-state index in [9.17, 15) is 4.79 Å². The third-order valence-electron chi connectivity index (χ3n) is 2.38. The molecule has 0 bridgehead atoms. The van der Waals surface area contributed by atoms with Gasteiger partial charge in [0.1, 0.15) is 0 Å². The van der Waals surface area contributed by atoms with Gasteiger partial charge in [0.05, 0.1) is 0 Å². The summed E-state index contributed by atoms with van der Waals surface area (Å²) in [6.07, 6.45) is 5.01. The molecule has 1 saturated heterocycles. The molecular weight excluding hydrogens is 210 g/mol. The van der Waals surface area contributed by atoms with Crippen molar-refractivity contribution in [2.24, 2.45) is 4.99 Å². The van der Waals surface area contributed by atoms with E-state index in [1.807, 2.05) is 6.08 Å². The average molecular weight is 223 g/mol. The van der Waals surface area contributed by atoms with E-state index in [0.29, 0.717) is 6.42 Å². The third kappa shape index (κ3) is 2.41. The number of nitrogens with zero attached hydrogens (tertiary/aromatic N) is 1. The molecule has 0 unspecified atom stereocenters. The lowest BCUT2D eigenvalue weighted by Crippen LogP contribution is -2.41. The predicted octanol–water partition coefficient (Wildman–Crippen LogP) is 0.986. The number of thioether (sulfide) groups is 1. The van der Waals surface area contributed by atoms with Crippen LogP contribution in [0.2, 0.25) is 0 Å². The Kier molecular flexibility index (Phi) is 3.11. The topological polar surface area (TPSA) is 53.5 Å². The van der Waals surface area contributed by atoms with Crippen LogP contribution in [0.1, 0.15) is 12.8 Å². The fourth-order valence-electron chi connectivity index (χ4n) is 1.50. The van der Waals surface area contributed by atoms with E-state index in [0.717, 1.165) is 23.0 Å². The first-order valence-corrected chi connectivity index (χ1v) is 5.82. The van der Waals surface area contributed by atoms with E-state index in [1.165, 1.54) is 5.57 Å². The van der Waals surface area contributed by atoms with Gasteiger partial charge in [-0.3, -0.25) is 15.2 Å². The minimum absolute atomic E-state index is 0.214. The number of amidine groups is 1. The summed E-state index contributed by atoms with van der Waals surface area (Å²) in [6, 6.07) is 0. The van der Waals surface area contributed by atoms with Crippen LogP contribution in [0.25, 0.3) is 0 Å². The van der Waals surface area contributed by atoms with E-state index >= 15 is 0 Å². The van der Waals surface area contributed by atoms with Gasteiger partial charge in [0.25, 0.3) is 0 Å². The summed E-state index contributed by atoms with van der Waals surface area (Å²) < 4.78 is 0. The number of hydrogen-bond donors (Lipinski definition) is 2. The largest absolute Gasteiger partial charge is 0.302 e. The Morgan fingerprint density at radius 2 is 2.20 bits per heavy atom. The van der Waals surface area contributed by atoms with Crippen molar-refractivity contribution in [3.05, 3.63) is 23.4 Å². The van der Waals surface area contributed by atoms with Gasteiger partial charge in [-0.15, -0.1) is 0 Å². The Balaban J connectivity index is 2.09. The predicted molar refractivity (Wildman–Crippen MR) is 62.5 cm³/mol. The second-order valence-corrected chi connectivity index (χ2v) is 4.33. The van der Waals surface area contributed by atoms with Crippen molar-refractivity contribution in [1.29, 1.82) is 0 Å². The second-order valence-electron chi connectivity index (χ2n) is 3.37. The number of hydrazine groups is 1. The van der Waals surface area contributed by atoms with Crippen LogP contribution in [-0.4, -0.2) is 23.8 Å². The van der Waals surface area contributed by atoms with E-state index in [1.54, 1.807) is 24.9 Å². The zero-order chi connectivity index (χ0) is 10.7. The van der Waals surface area contributed by atoms with Crippen LogP contribution in [0.5, 0.6) is 0 Å². The van der Waals surface area contributed by atoms with Crippen molar-refractivity contribution in [2.45, 2.75) is 12.8 Å². The molecule has 0 aromatic carbocycles. The molecule has 1 fully saturated rings. The molecule has 2 aliphatic rings. The van der Waals surface area contributed by atoms with Gasteiger partial charge in [-0.25, -0.2) is 0 Å². The van der Waals surface area contributed by atoms with Crippen LogP contribution in [-0.2, 0) is 4.79 Å². The molecule has 0 spiro atoms. The standard InChI is InChI=1S/C10H13N3OS/c1-11-10-13-12-9(6-15-10)7-2-4-8(14)5-3-7/h2,4,12H,3,5-6H2,1H3,(H,11,13). The van der Waals surface area contributed by atoms with Gasteiger partial charge in [-0.1, -0.05) is 17.8 Å². The Bertz CT molecular complexity index is 359. The molecule has 80 valence electrons. The lowest BCUT2D eigenvalue weighted by Gasteiger charge is -2.23. The van der Waals surface area contributed by atoms with Gasteiger partial charge in [0.15, 0.2) is 11.0 Å². The maximum absolute atomic E-state index is 11.0. The molecule has 0 aromatic heterocycles. The second kappa shape index (κ2) is 4.53. The summed E-state index contributed by atoms with van der Waals surface area (Å²) in [5.41, 5.74) is 8.50. The van der Waals surface area contributed by atoms with E-state index < -0.39 is 0 Å². The first-order valence-electron chi connectivity index (χ1n) is 4.84. The quantitative estimate of drug-likeness (QED) is 0.643. The molecule has 2 rings (SSSR count). The van der Waals surface area contributed by atoms with E-state index in [4.69, 9.17) is 0 Å². The molecule has 0 aromatic rings. The molecule has 15 heavy (non-hydrogen) atoms. The minimum atomic E-state index is 0.214. The fraction of sp³-hybridized carbons (Fsp3) is 0.400. The zero-order valence-corrected chi connectivity index (χ0v) is 9.36. The fourth-order valence-corrected chi connectivity index (χ4v) is 2.30. The summed E-state index contributed by atoms with van der Waals surface area (Å²) >= 11 is 1.67. The number of nitrogens with one attached hydrogen (secondary N) is 2. The van der Waals surface area contributed by atoms with Crippen LogP contribution in [0.4, 0.5) is 0 Å². The number of carbonyl (C=O) groups is 1. The van der Waals surface area contributed by atoms with Crippen LogP contribution in [0.3, 0.4) is 0 Å². The van der Waals surface area contributed by atoms with Gasteiger partial charge in [0.2, 0.25) is 0 Å². The Hall–Kier alpha value is -1.23. The Labute approximate surface area is 92.9 Å². The van der Waals surface area contributed by atoms with Gasteiger partial charge in [-0.05, 0) is 18.1 Å². The van der Waals surface area contributed by atoms with Crippen molar-refractivity contribution < 1.29 is 4.79 Å². The molecule has 5 heteroatoms. The summed E-state index contributed by atoms with van der Waals surface area (Å²) in [7, 11) is 1.76. The summed E-state index contributed by atoms with van der Waals surface area (Å²) in [5, 5.41) is 0.898. The van der Waals surface area contributed by atoms with E-state index in [2.05, 4.69) is 15.8 Å². The highest BCUT2D eigenvalue weighted by atomic mass is 32.2. The number of hydrogen-bond acceptors (Lipinski definition) is 4. The molecule has 0 amide bonds. The highest BCUT2D eigenvalue weighted by Crippen LogP contribution is 2.21. The minimum Gasteiger partial charge on any atom is -0.302 e. The lowest BCUT2D eigenvalue weighted by molar-refractivity contribution is -0.114.